The van der Waals surface area contributed by atoms with E-state index in [4.69, 9.17) is 0 Å². The van der Waals surface area contributed by atoms with E-state index in [1.807, 2.05) is 12.1 Å². The monoisotopic (exact) mass is 269 g/mol. The molecule has 0 aliphatic rings. The molecule has 0 fully saturated rings. The quantitative estimate of drug-likeness (QED) is 0.831. The van der Waals surface area contributed by atoms with Gasteiger partial charge in [0.15, 0.2) is 0 Å². The third-order valence-corrected chi connectivity index (χ3v) is 3.58. The second-order valence-corrected chi connectivity index (χ2v) is 5.23. The van der Waals surface area contributed by atoms with Gasteiger partial charge in [-0.15, -0.1) is 0 Å². The molecule has 0 amide bonds. The highest BCUT2D eigenvalue weighted by Crippen LogP contribution is 2.22. The average Bonchev–Trinajstić information content (AvgIpc) is 2.46. The Bertz CT molecular complexity index is 533. The van der Waals surface area contributed by atoms with E-state index in [1.165, 1.54) is 16.7 Å². The molecule has 2 N–H and O–H groups in total. The summed E-state index contributed by atoms with van der Waals surface area (Å²) in [6.45, 7) is 5.35. The topological polar surface area (TPSA) is 32.3 Å². The number of nitrogens with one attached hydrogen (secondary N) is 1. The highest BCUT2D eigenvalue weighted by atomic mass is 16.3. The number of aryl methyl sites for hydroxylation is 1. The van der Waals surface area contributed by atoms with Gasteiger partial charge in [0.05, 0.1) is 0 Å². The number of rotatable bonds is 6. The van der Waals surface area contributed by atoms with E-state index in [9.17, 15) is 5.11 Å². The maximum Gasteiger partial charge on any atom is 0.115 e. The van der Waals surface area contributed by atoms with Crippen LogP contribution in [0.5, 0.6) is 5.75 Å². The molecule has 0 aliphatic carbocycles. The van der Waals surface area contributed by atoms with Crippen molar-refractivity contribution in [2.24, 2.45) is 0 Å². The van der Waals surface area contributed by atoms with Crippen molar-refractivity contribution in [2.75, 3.05) is 6.54 Å². The molecule has 2 aromatic carbocycles. The van der Waals surface area contributed by atoms with E-state index in [2.05, 4.69) is 43.4 Å². The Hall–Kier alpha value is -1.80. The van der Waals surface area contributed by atoms with E-state index >= 15 is 0 Å². The fourth-order valence-electron chi connectivity index (χ4n) is 2.46. The molecule has 0 spiro atoms. The third-order valence-electron chi connectivity index (χ3n) is 3.58. The van der Waals surface area contributed by atoms with Gasteiger partial charge in [-0.2, -0.15) is 0 Å². The molecule has 0 heterocycles. The first-order valence-electron chi connectivity index (χ1n) is 7.27. The molecule has 1 atom stereocenters. The molecule has 0 saturated carbocycles. The summed E-state index contributed by atoms with van der Waals surface area (Å²) >= 11 is 0. The lowest BCUT2D eigenvalue weighted by Crippen LogP contribution is -2.24. The van der Waals surface area contributed by atoms with Crippen LogP contribution >= 0.6 is 0 Å². The second kappa shape index (κ2) is 7.11. The first-order valence-corrected chi connectivity index (χ1v) is 7.27. The average molecular weight is 269 g/mol. The SMILES string of the molecule is CCCNC(Cc1ccc(O)cc1)c1ccccc1C. The highest BCUT2D eigenvalue weighted by molar-refractivity contribution is 5.32. The van der Waals surface area contributed by atoms with Gasteiger partial charge in [0.25, 0.3) is 0 Å². The number of phenols is 1. The van der Waals surface area contributed by atoms with Crippen molar-refractivity contribution in [3.63, 3.8) is 0 Å². The van der Waals surface area contributed by atoms with E-state index < -0.39 is 0 Å². The van der Waals surface area contributed by atoms with Crippen LogP contribution in [0, 0.1) is 6.92 Å². The van der Waals surface area contributed by atoms with Crippen molar-refractivity contribution >= 4 is 0 Å². The molecule has 2 rings (SSSR count). The molecular weight excluding hydrogens is 246 g/mol. The minimum atomic E-state index is 0.320. The van der Waals surface area contributed by atoms with Crippen LogP contribution in [0.3, 0.4) is 0 Å². The maximum atomic E-state index is 9.38. The number of phenolic OH excluding ortho intramolecular Hbond substituents is 1. The lowest BCUT2D eigenvalue weighted by atomic mass is 9.95. The van der Waals surface area contributed by atoms with Gasteiger partial charge < -0.3 is 10.4 Å². The van der Waals surface area contributed by atoms with Crippen LogP contribution in [0.2, 0.25) is 0 Å². The zero-order valence-corrected chi connectivity index (χ0v) is 12.3. The second-order valence-electron chi connectivity index (χ2n) is 5.23. The Morgan fingerprint density at radius 3 is 2.40 bits per heavy atom. The molecule has 0 radical (unpaired) electrons. The predicted octanol–water partition coefficient (Wildman–Crippen LogP) is 3.98. The van der Waals surface area contributed by atoms with Crippen LogP contribution in [-0.2, 0) is 6.42 Å². The summed E-state index contributed by atoms with van der Waals surface area (Å²) in [5.41, 5.74) is 3.91. The van der Waals surface area contributed by atoms with E-state index in [0.29, 0.717) is 11.8 Å². The Balaban J connectivity index is 2.19. The lowest BCUT2D eigenvalue weighted by Gasteiger charge is -2.21. The summed E-state index contributed by atoms with van der Waals surface area (Å²) in [6.07, 6.45) is 2.06. The molecular formula is C18H23NO. The Morgan fingerprint density at radius 1 is 1.05 bits per heavy atom. The van der Waals surface area contributed by atoms with E-state index in [0.717, 1.165) is 19.4 Å². The standard InChI is InChI=1S/C18H23NO/c1-3-12-19-18(17-7-5-4-6-14(17)2)13-15-8-10-16(20)11-9-15/h4-11,18-20H,3,12-13H2,1-2H3. The van der Waals surface area contributed by atoms with E-state index in [1.54, 1.807) is 12.1 Å². The van der Waals surface area contributed by atoms with Crippen LogP contribution < -0.4 is 5.32 Å². The van der Waals surface area contributed by atoms with E-state index in [-0.39, 0.29) is 0 Å². The molecule has 2 heteroatoms. The minimum Gasteiger partial charge on any atom is -0.508 e. The molecule has 20 heavy (non-hydrogen) atoms. The number of benzene rings is 2. The largest absolute Gasteiger partial charge is 0.508 e. The lowest BCUT2D eigenvalue weighted by molar-refractivity contribution is 0.474. The predicted molar refractivity (Wildman–Crippen MR) is 84.0 cm³/mol. The summed E-state index contributed by atoms with van der Waals surface area (Å²) < 4.78 is 0. The fraction of sp³-hybridized carbons (Fsp3) is 0.333. The van der Waals surface area contributed by atoms with Crippen molar-refractivity contribution in [3.8, 4) is 5.75 Å². The van der Waals surface area contributed by atoms with Crippen molar-refractivity contribution in [1.29, 1.82) is 0 Å². The van der Waals surface area contributed by atoms with Crippen LogP contribution in [-0.4, -0.2) is 11.7 Å². The van der Waals surface area contributed by atoms with Gasteiger partial charge in [-0.25, -0.2) is 0 Å². The van der Waals surface area contributed by atoms with Gasteiger partial charge in [0.2, 0.25) is 0 Å². The molecule has 1 unspecified atom stereocenters. The first-order chi connectivity index (χ1) is 9.70. The summed E-state index contributed by atoms with van der Waals surface area (Å²) in [5.74, 6) is 0.322. The fourth-order valence-corrected chi connectivity index (χ4v) is 2.46. The Labute approximate surface area is 121 Å². The van der Waals surface area contributed by atoms with Gasteiger partial charge >= 0.3 is 0 Å². The molecule has 2 aromatic rings. The van der Waals surface area contributed by atoms with Crippen LogP contribution in [0.25, 0.3) is 0 Å². The summed E-state index contributed by atoms with van der Waals surface area (Å²) in [5, 5.41) is 13.0. The normalized spacial score (nSPS) is 12.3. The molecule has 106 valence electrons. The molecule has 0 saturated heterocycles. The van der Waals surface area contributed by atoms with Gasteiger partial charge in [0, 0.05) is 6.04 Å². The molecule has 2 nitrogen and oxygen atoms in total. The Morgan fingerprint density at radius 2 is 1.75 bits per heavy atom. The van der Waals surface area contributed by atoms with Crippen molar-refractivity contribution in [1.82, 2.24) is 5.32 Å². The Kier molecular flexibility index (Phi) is 5.19. The zero-order valence-electron chi connectivity index (χ0n) is 12.3. The molecule has 0 aliphatic heterocycles. The van der Waals surface area contributed by atoms with Crippen LogP contribution in [0.1, 0.15) is 36.1 Å². The number of hydrogen-bond donors (Lipinski definition) is 2. The zero-order chi connectivity index (χ0) is 14.4. The van der Waals surface area contributed by atoms with Crippen LogP contribution in [0.15, 0.2) is 48.5 Å². The third kappa shape index (κ3) is 3.84. The van der Waals surface area contributed by atoms with Crippen molar-refractivity contribution < 1.29 is 5.11 Å². The summed E-state index contributed by atoms with van der Waals surface area (Å²) in [6, 6.07) is 16.4. The first kappa shape index (κ1) is 14.6. The van der Waals surface area contributed by atoms with Crippen molar-refractivity contribution in [3.05, 3.63) is 65.2 Å². The highest BCUT2D eigenvalue weighted by Gasteiger charge is 2.13. The smallest absolute Gasteiger partial charge is 0.115 e. The summed E-state index contributed by atoms with van der Waals surface area (Å²) in [4.78, 5) is 0. The number of hydrogen-bond acceptors (Lipinski definition) is 2. The van der Waals surface area contributed by atoms with Gasteiger partial charge in [-0.05, 0) is 55.1 Å². The number of aromatic hydroxyl groups is 1. The van der Waals surface area contributed by atoms with Crippen molar-refractivity contribution in [2.45, 2.75) is 32.7 Å². The summed E-state index contributed by atoms with van der Waals surface area (Å²) in [7, 11) is 0. The van der Waals surface area contributed by atoms with Gasteiger partial charge in [-0.3, -0.25) is 0 Å². The van der Waals surface area contributed by atoms with Gasteiger partial charge in [-0.1, -0.05) is 43.3 Å². The maximum absolute atomic E-state index is 9.38. The van der Waals surface area contributed by atoms with Gasteiger partial charge in [0.1, 0.15) is 5.75 Å². The minimum absolute atomic E-state index is 0.320. The molecule has 0 bridgehead atoms. The van der Waals surface area contributed by atoms with Crippen LogP contribution in [0.4, 0.5) is 0 Å². The molecule has 0 aromatic heterocycles.